The largest absolute Gasteiger partial charge is 0.298 e. The number of hydrogen-bond donors (Lipinski definition) is 2. The first-order chi connectivity index (χ1) is 8.20. The summed E-state index contributed by atoms with van der Waals surface area (Å²) in [5.74, 6) is 5.03. The molecular formula is C12H24N4O. The highest BCUT2D eigenvalue weighted by Crippen LogP contribution is 2.23. The number of nitrogens with one attached hydrogen (secondary N) is 1. The van der Waals surface area contributed by atoms with Crippen molar-refractivity contribution in [3.8, 4) is 0 Å². The maximum absolute atomic E-state index is 11.1. The van der Waals surface area contributed by atoms with Gasteiger partial charge in [-0.25, -0.2) is 5.84 Å². The van der Waals surface area contributed by atoms with Crippen molar-refractivity contribution in [3.63, 3.8) is 0 Å². The van der Waals surface area contributed by atoms with Crippen LogP contribution in [0.25, 0.3) is 0 Å². The maximum atomic E-state index is 11.1. The van der Waals surface area contributed by atoms with Crippen LogP contribution in [0, 0.1) is 0 Å². The van der Waals surface area contributed by atoms with E-state index in [1.807, 2.05) is 0 Å². The summed E-state index contributed by atoms with van der Waals surface area (Å²) < 4.78 is 0. The minimum Gasteiger partial charge on any atom is -0.298 e. The van der Waals surface area contributed by atoms with Crippen LogP contribution in [-0.2, 0) is 4.79 Å². The van der Waals surface area contributed by atoms with Gasteiger partial charge in [0, 0.05) is 38.1 Å². The third-order valence-electron chi connectivity index (χ3n) is 4.19. The van der Waals surface area contributed by atoms with Crippen LogP contribution in [0.1, 0.15) is 32.6 Å². The Morgan fingerprint density at radius 3 is 3.06 bits per heavy atom. The molecule has 2 atom stereocenters. The molecule has 2 saturated heterocycles. The lowest BCUT2D eigenvalue weighted by Crippen LogP contribution is -2.52. The van der Waals surface area contributed by atoms with E-state index >= 15 is 0 Å². The van der Waals surface area contributed by atoms with E-state index in [1.165, 1.54) is 32.5 Å². The molecule has 0 aliphatic carbocycles. The van der Waals surface area contributed by atoms with E-state index in [0.717, 1.165) is 19.0 Å². The quantitative estimate of drug-likeness (QED) is 0.410. The molecule has 3 N–H and O–H groups in total. The summed E-state index contributed by atoms with van der Waals surface area (Å²) >= 11 is 0. The minimum atomic E-state index is -0.0589. The number of nitrogens with two attached hydrogens (primary N) is 1. The van der Waals surface area contributed by atoms with Gasteiger partial charge >= 0.3 is 0 Å². The molecule has 0 spiro atoms. The second kappa shape index (κ2) is 5.80. The molecule has 5 heteroatoms. The van der Waals surface area contributed by atoms with Crippen molar-refractivity contribution in [2.75, 3.05) is 26.2 Å². The van der Waals surface area contributed by atoms with Crippen LogP contribution in [0.15, 0.2) is 0 Å². The Morgan fingerprint density at radius 2 is 2.29 bits per heavy atom. The van der Waals surface area contributed by atoms with Crippen molar-refractivity contribution in [3.05, 3.63) is 0 Å². The molecule has 1 amide bonds. The van der Waals surface area contributed by atoms with Gasteiger partial charge in [-0.1, -0.05) is 0 Å². The van der Waals surface area contributed by atoms with Gasteiger partial charge in [-0.3, -0.25) is 20.0 Å². The van der Waals surface area contributed by atoms with E-state index in [0.29, 0.717) is 12.5 Å². The predicted molar refractivity (Wildman–Crippen MR) is 67.2 cm³/mol. The normalized spacial score (nSPS) is 27.8. The van der Waals surface area contributed by atoms with E-state index in [-0.39, 0.29) is 5.91 Å². The third kappa shape index (κ3) is 3.18. The Labute approximate surface area is 103 Å². The van der Waals surface area contributed by atoms with Gasteiger partial charge in [0.1, 0.15) is 0 Å². The van der Waals surface area contributed by atoms with Crippen LogP contribution in [0.5, 0.6) is 0 Å². The summed E-state index contributed by atoms with van der Waals surface area (Å²) in [6, 6.07) is 1.24. The molecule has 0 aromatic carbocycles. The van der Waals surface area contributed by atoms with Gasteiger partial charge in [0.15, 0.2) is 0 Å². The van der Waals surface area contributed by atoms with Crippen molar-refractivity contribution < 1.29 is 4.79 Å². The van der Waals surface area contributed by atoms with Crippen molar-refractivity contribution >= 4 is 5.91 Å². The van der Waals surface area contributed by atoms with Crippen LogP contribution in [0.2, 0.25) is 0 Å². The Morgan fingerprint density at radius 1 is 1.47 bits per heavy atom. The zero-order valence-electron chi connectivity index (χ0n) is 10.7. The second-order valence-electron chi connectivity index (χ2n) is 5.28. The lowest BCUT2D eigenvalue weighted by Gasteiger charge is -2.40. The summed E-state index contributed by atoms with van der Waals surface area (Å²) in [6.07, 6.45) is 4.12. The lowest BCUT2D eigenvalue weighted by molar-refractivity contribution is -0.121. The molecule has 17 heavy (non-hydrogen) atoms. The smallest absolute Gasteiger partial charge is 0.233 e. The molecule has 2 aliphatic rings. The SMILES string of the molecule is CC(CCC(=O)NN)N1CCN2CCCC2C1. The van der Waals surface area contributed by atoms with Gasteiger partial charge in [-0.2, -0.15) is 0 Å². The van der Waals surface area contributed by atoms with Gasteiger partial charge in [0.25, 0.3) is 0 Å². The number of amides is 1. The highest BCUT2D eigenvalue weighted by molar-refractivity contribution is 5.75. The Bertz CT molecular complexity index is 271. The first-order valence-electron chi connectivity index (χ1n) is 6.68. The maximum Gasteiger partial charge on any atom is 0.233 e. The van der Waals surface area contributed by atoms with Crippen LogP contribution in [-0.4, -0.2) is 54.0 Å². The summed E-state index contributed by atoms with van der Waals surface area (Å²) in [6.45, 7) is 7.00. The first-order valence-corrected chi connectivity index (χ1v) is 6.68. The van der Waals surface area contributed by atoms with Crippen LogP contribution < -0.4 is 11.3 Å². The number of fused-ring (bicyclic) bond motifs is 1. The molecule has 5 nitrogen and oxygen atoms in total. The number of rotatable bonds is 4. The highest BCUT2D eigenvalue weighted by Gasteiger charge is 2.32. The molecule has 2 heterocycles. The molecule has 2 unspecified atom stereocenters. The number of nitrogens with zero attached hydrogens (tertiary/aromatic N) is 2. The van der Waals surface area contributed by atoms with E-state index in [9.17, 15) is 4.79 Å². The zero-order valence-corrected chi connectivity index (χ0v) is 10.7. The van der Waals surface area contributed by atoms with Gasteiger partial charge in [-0.15, -0.1) is 0 Å². The van der Waals surface area contributed by atoms with E-state index in [4.69, 9.17) is 5.84 Å². The average molecular weight is 240 g/mol. The molecule has 0 saturated carbocycles. The standard InChI is InChI=1S/C12H24N4O/c1-10(4-5-12(17)14-13)16-8-7-15-6-2-3-11(15)9-16/h10-11H,2-9,13H2,1H3,(H,14,17). The molecule has 2 fully saturated rings. The minimum absolute atomic E-state index is 0.0589. The lowest BCUT2D eigenvalue weighted by atomic mass is 10.1. The topological polar surface area (TPSA) is 61.6 Å². The van der Waals surface area contributed by atoms with E-state index < -0.39 is 0 Å². The number of carbonyl (C=O) groups is 1. The van der Waals surface area contributed by atoms with Crippen LogP contribution in [0.3, 0.4) is 0 Å². The zero-order chi connectivity index (χ0) is 12.3. The number of hydrazine groups is 1. The first kappa shape index (κ1) is 12.8. The molecular weight excluding hydrogens is 216 g/mol. The Kier molecular flexibility index (Phi) is 4.36. The Hall–Kier alpha value is -0.650. The van der Waals surface area contributed by atoms with E-state index in [1.54, 1.807) is 0 Å². The fourth-order valence-electron chi connectivity index (χ4n) is 3.01. The van der Waals surface area contributed by atoms with Crippen molar-refractivity contribution in [1.29, 1.82) is 0 Å². The number of piperazine rings is 1. The monoisotopic (exact) mass is 240 g/mol. The summed E-state index contributed by atoms with van der Waals surface area (Å²) in [4.78, 5) is 16.2. The predicted octanol–water partition coefficient (Wildman–Crippen LogP) is -0.0750. The van der Waals surface area contributed by atoms with Gasteiger partial charge in [0.2, 0.25) is 5.91 Å². The van der Waals surface area contributed by atoms with Crippen LogP contribution in [0.4, 0.5) is 0 Å². The summed E-state index contributed by atoms with van der Waals surface area (Å²) in [5, 5.41) is 0. The van der Waals surface area contributed by atoms with E-state index in [2.05, 4.69) is 22.1 Å². The molecule has 2 aliphatic heterocycles. The molecule has 0 aromatic heterocycles. The second-order valence-corrected chi connectivity index (χ2v) is 5.28. The third-order valence-corrected chi connectivity index (χ3v) is 4.19. The molecule has 0 bridgehead atoms. The fraction of sp³-hybridized carbons (Fsp3) is 0.917. The summed E-state index contributed by atoms with van der Waals surface area (Å²) in [7, 11) is 0. The van der Waals surface area contributed by atoms with Crippen molar-refractivity contribution in [2.45, 2.75) is 44.7 Å². The number of hydrogen-bond acceptors (Lipinski definition) is 4. The Balaban J connectivity index is 1.76. The van der Waals surface area contributed by atoms with Crippen molar-refractivity contribution in [2.24, 2.45) is 5.84 Å². The summed E-state index contributed by atoms with van der Waals surface area (Å²) in [5.41, 5.74) is 2.19. The number of carbonyl (C=O) groups excluding carboxylic acids is 1. The molecule has 0 radical (unpaired) electrons. The van der Waals surface area contributed by atoms with Crippen LogP contribution >= 0.6 is 0 Å². The van der Waals surface area contributed by atoms with Gasteiger partial charge in [-0.05, 0) is 32.7 Å². The van der Waals surface area contributed by atoms with Crippen molar-refractivity contribution in [1.82, 2.24) is 15.2 Å². The van der Waals surface area contributed by atoms with Gasteiger partial charge in [0.05, 0.1) is 0 Å². The molecule has 0 aromatic rings. The fourth-order valence-corrected chi connectivity index (χ4v) is 3.01. The van der Waals surface area contributed by atoms with Gasteiger partial charge < -0.3 is 0 Å². The average Bonchev–Trinajstić information content (AvgIpc) is 2.82. The highest BCUT2D eigenvalue weighted by atomic mass is 16.2. The molecule has 98 valence electrons. The molecule has 2 rings (SSSR count).